The summed E-state index contributed by atoms with van der Waals surface area (Å²) in [6, 6.07) is 5.67. The first-order chi connectivity index (χ1) is 7.84. The Bertz CT molecular complexity index is 648. The first kappa shape index (κ1) is 9.23. The number of halogens is 1. The molecule has 3 rings (SSSR count). The molecular weight excluding hydrogens is 226 g/mol. The smallest absolute Gasteiger partial charge is 0.188 e. The fourth-order valence-electron chi connectivity index (χ4n) is 1.47. The minimum Gasteiger partial charge on any atom is -0.281 e. The molecule has 0 radical (unpaired) electrons. The molecule has 0 atom stereocenters. The summed E-state index contributed by atoms with van der Waals surface area (Å²) in [4.78, 5) is 8.12. The van der Waals surface area contributed by atoms with Crippen molar-refractivity contribution in [2.45, 2.75) is 0 Å². The van der Waals surface area contributed by atoms with Gasteiger partial charge in [-0.2, -0.15) is 0 Å². The summed E-state index contributed by atoms with van der Waals surface area (Å²) in [6.07, 6.45) is 4.96. The Kier molecular flexibility index (Phi) is 2.04. The van der Waals surface area contributed by atoms with E-state index in [4.69, 9.17) is 11.6 Å². The Morgan fingerprint density at radius 1 is 1.12 bits per heavy atom. The van der Waals surface area contributed by atoms with Gasteiger partial charge >= 0.3 is 0 Å². The van der Waals surface area contributed by atoms with E-state index in [2.05, 4.69) is 20.2 Å². The maximum absolute atomic E-state index is 5.78. The summed E-state index contributed by atoms with van der Waals surface area (Å²) in [6.45, 7) is 0. The standard InChI is InChI=1S/C10H6ClN5/c11-8-6-12-5-7(13-8)10-15-14-9-3-1-2-4-16(9)10/h1-6H. The number of fused-ring (bicyclic) bond motifs is 1. The maximum atomic E-state index is 5.78. The fourth-order valence-corrected chi connectivity index (χ4v) is 1.61. The van der Waals surface area contributed by atoms with Crippen molar-refractivity contribution in [2.75, 3.05) is 0 Å². The molecule has 0 fully saturated rings. The molecule has 0 saturated heterocycles. The van der Waals surface area contributed by atoms with Crippen molar-refractivity contribution in [3.8, 4) is 11.5 Å². The van der Waals surface area contributed by atoms with E-state index >= 15 is 0 Å². The third-order valence-corrected chi connectivity index (χ3v) is 2.33. The molecule has 5 nitrogen and oxygen atoms in total. The zero-order chi connectivity index (χ0) is 11.0. The van der Waals surface area contributed by atoms with Crippen LogP contribution in [0.5, 0.6) is 0 Å². The number of hydrogen-bond acceptors (Lipinski definition) is 4. The Morgan fingerprint density at radius 3 is 2.94 bits per heavy atom. The average molecular weight is 232 g/mol. The van der Waals surface area contributed by atoms with Crippen molar-refractivity contribution in [3.63, 3.8) is 0 Å². The van der Waals surface area contributed by atoms with Crippen LogP contribution in [0.1, 0.15) is 0 Å². The van der Waals surface area contributed by atoms with Crippen molar-refractivity contribution >= 4 is 17.2 Å². The Hall–Kier alpha value is -2.01. The van der Waals surface area contributed by atoms with Gasteiger partial charge < -0.3 is 0 Å². The minimum atomic E-state index is 0.338. The molecule has 0 unspecified atom stereocenters. The Morgan fingerprint density at radius 2 is 2.06 bits per heavy atom. The van der Waals surface area contributed by atoms with Crippen LogP contribution in [0.25, 0.3) is 17.2 Å². The molecule has 0 saturated carbocycles. The van der Waals surface area contributed by atoms with Crippen LogP contribution in [0, 0.1) is 0 Å². The molecule has 0 N–H and O–H groups in total. The van der Waals surface area contributed by atoms with Gasteiger partial charge in [-0.3, -0.25) is 9.38 Å². The maximum Gasteiger partial charge on any atom is 0.188 e. The van der Waals surface area contributed by atoms with Crippen molar-refractivity contribution in [3.05, 3.63) is 41.9 Å². The summed E-state index contributed by atoms with van der Waals surface area (Å²) in [5, 5.41) is 8.42. The molecule has 0 spiro atoms. The van der Waals surface area contributed by atoms with Gasteiger partial charge in [0.05, 0.1) is 12.4 Å². The normalized spacial score (nSPS) is 10.8. The first-order valence-electron chi connectivity index (χ1n) is 4.62. The molecule has 3 aromatic rings. The topological polar surface area (TPSA) is 56.0 Å². The fraction of sp³-hybridized carbons (Fsp3) is 0. The zero-order valence-electron chi connectivity index (χ0n) is 8.08. The highest BCUT2D eigenvalue weighted by Gasteiger charge is 2.09. The van der Waals surface area contributed by atoms with E-state index in [1.165, 1.54) is 6.20 Å². The van der Waals surface area contributed by atoms with E-state index in [1.54, 1.807) is 6.20 Å². The lowest BCUT2D eigenvalue weighted by Gasteiger charge is -1.98. The van der Waals surface area contributed by atoms with Crippen molar-refractivity contribution < 1.29 is 0 Å². The van der Waals surface area contributed by atoms with Gasteiger partial charge in [0, 0.05) is 6.20 Å². The summed E-state index contributed by atoms with van der Waals surface area (Å²) in [5.74, 6) is 0.630. The molecule has 0 aromatic carbocycles. The summed E-state index contributed by atoms with van der Waals surface area (Å²) < 4.78 is 1.83. The third-order valence-electron chi connectivity index (χ3n) is 2.15. The van der Waals surface area contributed by atoms with Crippen LogP contribution >= 0.6 is 11.6 Å². The van der Waals surface area contributed by atoms with Gasteiger partial charge in [-0.15, -0.1) is 10.2 Å². The van der Waals surface area contributed by atoms with Crippen LogP contribution in [0.3, 0.4) is 0 Å². The second-order valence-corrected chi connectivity index (χ2v) is 3.57. The van der Waals surface area contributed by atoms with E-state index in [1.807, 2.05) is 28.8 Å². The van der Waals surface area contributed by atoms with E-state index in [9.17, 15) is 0 Å². The molecule has 6 heteroatoms. The van der Waals surface area contributed by atoms with Crippen LogP contribution in [0.15, 0.2) is 36.8 Å². The lowest BCUT2D eigenvalue weighted by Crippen LogP contribution is -1.92. The molecule has 3 heterocycles. The highest BCUT2D eigenvalue weighted by molar-refractivity contribution is 6.29. The monoisotopic (exact) mass is 231 g/mol. The third kappa shape index (κ3) is 1.42. The summed E-state index contributed by atoms with van der Waals surface area (Å²) in [7, 11) is 0. The Balaban J connectivity index is 2.26. The van der Waals surface area contributed by atoms with E-state index in [0.29, 0.717) is 16.7 Å². The molecule has 3 aromatic heterocycles. The Labute approximate surface area is 95.8 Å². The predicted molar refractivity (Wildman–Crippen MR) is 59.0 cm³/mol. The highest BCUT2D eigenvalue weighted by Crippen LogP contribution is 2.16. The highest BCUT2D eigenvalue weighted by atomic mass is 35.5. The van der Waals surface area contributed by atoms with E-state index in [0.717, 1.165) is 5.65 Å². The van der Waals surface area contributed by atoms with Gasteiger partial charge in [0.2, 0.25) is 0 Å². The van der Waals surface area contributed by atoms with Gasteiger partial charge in [-0.1, -0.05) is 17.7 Å². The predicted octanol–water partition coefficient (Wildman–Crippen LogP) is 1.84. The summed E-state index contributed by atoms with van der Waals surface area (Å²) >= 11 is 5.78. The van der Waals surface area contributed by atoms with Crippen molar-refractivity contribution in [2.24, 2.45) is 0 Å². The van der Waals surface area contributed by atoms with Crippen molar-refractivity contribution in [1.29, 1.82) is 0 Å². The van der Waals surface area contributed by atoms with Crippen LogP contribution in [0.4, 0.5) is 0 Å². The van der Waals surface area contributed by atoms with E-state index in [-0.39, 0.29) is 0 Å². The quantitative estimate of drug-likeness (QED) is 0.641. The first-order valence-corrected chi connectivity index (χ1v) is 5.00. The SMILES string of the molecule is Clc1cncc(-c2nnc3ccccn23)n1. The number of rotatable bonds is 1. The molecular formula is C10H6ClN5. The second-order valence-electron chi connectivity index (χ2n) is 3.18. The largest absolute Gasteiger partial charge is 0.281 e. The van der Waals surface area contributed by atoms with E-state index < -0.39 is 0 Å². The molecule has 78 valence electrons. The number of hydrogen-bond donors (Lipinski definition) is 0. The lowest BCUT2D eigenvalue weighted by molar-refractivity contribution is 1.07. The van der Waals surface area contributed by atoms with Crippen LogP contribution < -0.4 is 0 Å². The van der Waals surface area contributed by atoms with Crippen LogP contribution in [-0.4, -0.2) is 24.6 Å². The molecule has 0 aliphatic rings. The molecule has 0 amide bonds. The van der Waals surface area contributed by atoms with Gasteiger partial charge in [0.1, 0.15) is 10.8 Å². The zero-order valence-corrected chi connectivity index (χ0v) is 8.83. The van der Waals surface area contributed by atoms with Gasteiger partial charge in [0.25, 0.3) is 0 Å². The molecule has 0 aliphatic heterocycles. The van der Waals surface area contributed by atoms with Gasteiger partial charge in [0.15, 0.2) is 11.5 Å². The average Bonchev–Trinajstić information content (AvgIpc) is 2.72. The van der Waals surface area contributed by atoms with Gasteiger partial charge in [-0.05, 0) is 12.1 Å². The molecule has 0 aliphatic carbocycles. The minimum absolute atomic E-state index is 0.338. The molecule has 0 bridgehead atoms. The second kappa shape index (κ2) is 3.53. The lowest BCUT2D eigenvalue weighted by atomic mass is 10.4. The van der Waals surface area contributed by atoms with Gasteiger partial charge in [-0.25, -0.2) is 4.98 Å². The number of pyridine rings is 1. The van der Waals surface area contributed by atoms with Crippen LogP contribution in [-0.2, 0) is 0 Å². The summed E-state index contributed by atoms with van der Waals surface area (Å²) in [5.41, 5.74) is 1.37. The van der Waals surface area contributed by atoms with Crippen molar-refractivity contribution in [1.82, 2.24) is 24.6 Å². The number of nitrogens with zero attached hydrogens (tertiary/aromatic N) is 5. The number of aromatic nitrogens is 5. The molecule has 16 heavy (non-hydrogen) atoms. The van der Waals surface area contributed by atoms with Crippen LogP contribution in [0.2, 0.25) is 5.15 Å².